The van der Waals surface area contributed by atoms with E-state index in [0.717, 1.165) is 42.8 Å². The van der Waals surface area contributed by atoms with Crippen molar-refractivity contribution in [2.45, 2.75) is 26.1 Å². The average Bonchev–Trinajstić information content (AvgIpc) is 3.32. The van der Waals surface area contributed by atoms with Crippen molar-refractivity contribution >= 4 is 34.2 Å². The molecule has 1 aliphatic heterocycles. The third kappa shape index (κ3) is 6.33. The first-order valence-corrected chi connectivity index (χ1v) is 11.2. The van der Waals surface area contributed by atoms with Gasteiger partial charge in [-0.2, -0.15) is 13.2 Å². The minimum absolute atomic E-state index is 0.00160. The molecule has 0 spiro atoms. The molecule has 188 valence electrons. The molecule has 7 nitrogen and oxygen atoms in total. The van der Waals surface area contributed by atoms with Gasteiger partial charge in [0.2, 0.25) is 0 Å². The topological polar surface area (TPSA) is 79.9 Å². The number of piperazine rings is 1. The Kier molecular flexibility index (Phi) is 8.06. The lowest BCUT2D eigenvalue weighted by molar-refractivity contribution is -0.192. The number of carboxylic acid groups (broad SMARTS) is 1. The predicted octanol–water partition coefficient (Wildman–Crippen LogP) is 4.61. The number of carbonyl (C=O) groups excluding carboxylic acids is 1. The van der Waals surface area contributed by atoms with Crippen molar-refractivity contribution in [3.8, 4) is 0 Å². The number of carboxylic acids is 1. The van der Waals surface area contributed by atoms with Crippen molar-refractivity contribution in [3.05, 3.63) is 60.3 Å². The lowest BCUT2D eigenvalue weighted by Gasteiger charge is -2.38. The number of alkyl halides is 3. The summed E-state index contributed by atoms with van der Waals surface area (Å²) in [7, 11) is 1.83. The number of rotatable bonds is 4. The number of carbonyl (C=O) groups is 2. The summed E-state index contributed by atoms with van der Waals surface area (Å²) in [5.74, 6) is -2.76. The Morgan fingerprint density at radius 2 is 1.60 bits per heavy atom. The molecule has 2 heterocycles. The van der Waals surface area contributed by atoms with E-state index in [4.69, 9.17) is 9.90 Å². The van der Waals surface area contributed by atoms with E-state index >= 15 is 0 Å². The number of para-hydroxylation sites is 1. The number of hydrogen-bond donors (Lipinski definition) is 2. The number of nitrogens with zero attached hydrogens (tertiary/aromatic N) is 3. The Balaban J connectivity index is 0.000000429. The van der Waals surface area contributed by atoms with E-state index in [1.54, 1.807) is 4.90 Å². The van der Waals surface area contributed by atoms with Gasteiger partial charge in [-0.15, -0.1) is 0 Å². The fourth-order valence-corrected chi connectivity index (χ4v) is 3.96. The van der Waals surface area contributed by atoms with Crippen LogP contribution in [-0.4, -0.2) is 72.3 Å². The Hall–Kier alpha value is -3.53. The van der Waals surface area contributed by atoms with Crippen LogP contribution in [0.4, 0.5) is 24.5 Å². The molecule has 0 radical (unpaired) electrons. The van der Waals surface area contributed by atoms with Crippen molar-refractivity contribution in [2.75, 3.05) is 43.0 Å². The number of hydrogen-bond acceptors (Lipinski definition) is 4. The molecule has 0 unspecified atom stereocenters. The summed E-state index contributed by atoms with van der Waals surface area (Å²) in [5, 5.41) is 8.23. The quantitative estimate of drug-likeness (QED) is 0.559. The number of anilines is 2. The van der Waals surface area contributed by atoms with Crippen molar-refractivity contribution < 1.29 is 27.9 Å². The van der Waals surface area contributed by atoms with Gasteiger partial charge in [0.25, 0.3) is 5.91 Å². The van der Waals surface area contributed by atoms with Crippen molar-refractivity contribution in [3.63, 3.8) is 0 Å². The Morgan fingerprint density at radius 1 is 1.00 bits per heavy atom. The van der Waals surface area contributed by atoms with Gasteiger partial charge in [-0.25, -0.2) is 4.79 Å². The zero-order valence-electron chi connectivity index (χ0n) is 19.8. The summed E-state index contributed by atoms with van der Waals surface area (Å²) in [6, 6.07) is 16.6. The molecule has 1 fully saturated rings. The SMILES string of the molecule is CC(C)N1CCN(c2ccc(C(=O)N(C)c3cccc4cc[nH]c34)cc2)CC1.O=C(O)C(F)(F)F. The second kappa shape index (κ2) is 10.8. The second-order valence-corrected chi connectivity index (χ2v) is 8.55. The zero-order chi connectivity index (χ0) is 25.8. The first-order valence-electron chi connectivity index (χ1n) is 11.2. The maximum Gasteiger partial charge on any atom is 0.490 e. The third-order valence-corrected chi connectivity index (χ3v) is 6.00. The van der Waals surface area contributed by atoms with Crippen LogP contribution in [0.2, 0.25) is 0 Å². The van der Waals surface area contributed by atoms with E-state index in [9.17, 15) is 18.0 Å². The standard InChI is InChI=1S/C23H28N4O.C2HF3O2/c1-17(2)26-13-15-27(16-14-26)20-9-7-19(8-10-20)23(28)25(3)21-6-4-5-18-11-12-24-22(18)21;3-2(4,5)1(6)7/h4-12,17,24H,13-16H2,1-3H3;(H,6,7). The van der Waals surface area contributed by atoms with Gasteiger partial charge in [0, 0.05) is 62.1 Å². The van der Waals surface area contributed by atoms with E-state index in [1.165, 1.54) is 5.69 Å². The molecule has 3 aromatic rings. The summed E-state index contributed by atoms with van der Waals surface area (Å²) < 4.78 is 31.7. The van der Waals surface area contributed by atoms with Crippen LogP contribution in [-0.2, 0) is 4.79 Å². The van der Waals surface area contributed by atoms with E-state index in [0.29, 0.717) is 11.6 Å². The highest BCUT2D eigenvalue weighted by atomic mass is 19.4. The highest BCUT2D eigenvalue weighted by molar-refractivity contribution is 6.09. The Labute approximate surface area is 201 Å². The van der Waals surface area contributed by atoms with Crippen molar-refractivity contribution in [2.24, 2.45) is 0 Å². The molecule has 2 N–H and O–H groups in total. The number of aromatic nitrogens is 1. The first kappa shape index (κ1) is 26.1. The summed E-state index contributed by atoms with van der Waals surface area (Å²) in [4.78, 5) is 31.8. The monoisotopic (exact) mass is 490 g/mol. The summed E-state index contributed by atoms with van der Waals surface area (Å²) in [6.07, 6.45) is -3.18. The van der Waals surface area contributed by atoms with Gasteiger partial charge < -0.3 is 19.9 Å². The van der Waals surface area contributed by atoms with Gasteiger partial charge in [0.05, 0.1) is 11.2 Å². The molecule has 0 aliphatic carbocycles. The predicted molar refractivity (Wildman–Crippen MR) is 130 cm³/mol. The number of aromatic amines is 1. The van der Waals surface area contributed by atoms with Crippen LogP contribution in [0.3, 0.4) is 0 Å². The molecule has 2 aromatic carbocycles. The highest BCUT2D eigenvalue weighted by Gasteiger charge is 2.38. The highest BCUT2D eigenvalue weighted by Crippen LogP contribution is 2.26. The number of amides is 1. The van der Waals surface area contributed by atoms with Crippen molar-refractivity contribution in [1.82, 2.24) is 9.88 Å². The first-order chi connectivity index (χ1) is 16.5. The molecule has 1 amide bonds. The molecular weight excluding hydrogens is 461 g/mol. The zero-order valence-corrected chi connectivity index (χ0v) is 19.8. The Bertz CT molecular complexity index is 1150. The minimum atomic E-state index is -5.08. The van der Waals surface area contributed by atoms with Crippen LogP contribution in [0.25, 0.3) is 10.9 Å². The van der Waals surface area contributed by atoms with Gasteiger partial charge in [-0.3, -0.25) is 9.69 Å². The third-order valence-electron chi connectivity index (χ3n) is 6.00. The number of H-pyrrole nitrogens is 1. The molecule has 1 aromatic heterocycles. The van der Waals surface area contributed by atoms with Gasteiger partial charge in [0.15, 0.2) is 0 Å². The minimum Gasteiger partial charge on any atom is -0.475 e. The van der Waals surface area contributed by atoms with Crippen LogP contribution in [0, 0.1) is 0 Å². The fraction of sp³-hybridized carbons (Fsp3) is 0.360. The van der Waals surface area contributed by atoms with Gasteiger partial charge in [0.1, 0.15) is 0 Å². The molecule has 35 heavy (non-hydrogen) atoms. The van der Waals surface area contributed by atoms with Crippen LogP contribution in [0.5, 0.6) is 0 Å². The van der Waals surface area contributed by atoms with Gasteiger partial charge >= 0.3 is 12.1 Å². The second-order valence-electron chi connectivity index (χ2n) is 8.55. The molecule has 4 rings (SSSR count). The molecular formula is C25H29F3N4O3. The van der Waals surface area contributed by atoms with Crippen LogP contribution >= 0.6 is 0 Å². The summed E-state index contributed by atoms with van der Waals surface area (Å²) >= 11 is 0. The fourth-order valence-electron chi connectivity index (χ4n) is 3.96. The maximum atomic E-state index is 13.0. The number of aliphatic carboxylic acids is 1. The van der Waals surface area contributed by atoms with Gasteiger partial charge in [-0.1, -0.05) is 12.1 Å². The number of halogens is 3. The van der Waals surface area contributed by atoms with E-state index < -0.39 is 12.1 Å². The number of nitrogens with one attached hydrogen (secondary N) is 1. The lowest BCUT2D eigenvalue weighted by atomic mass is 10.1. The van der Waals surface area contributed by atoms with Crippen LogP contribution in [0.15, 0.2) is 54.7 Å². The number of fused-ring (bicyclic) bond motifs is 1. The largest absolute Gasteiger partial charge is 0.490 e. The van der Waals surface area contributed by atoms with Gasteiger partial charge in [-0.05, 0) is 50.2 Å². The molecule has 1 aliphatic rings. The average molecular weight is 491 g/mol. The van der Waals surface area contributed by atoms with Crippen LogP contribution < -0.4 is 9.80 Å². The van der Waals surface area contributed by atoms with Crippen molar-refractivity contribution in [1.29, 1.82) is 0 Å². The molecule has 0 atom stereocenters. The lowest BCUT2D eigenvalue weighted by Crippen LogP contribution is -2.48. The summed E-state index contributed by atoms with van der Waals surface area (Å²) in [6.45, 7) is 8.73. The Morgan fingerprint density at radius 3 is 2.14 bits per heavy atom. The van der Waals surface area contributed by atoms with E-state index in [2.05, 4.69) is 40.8 Å². The number of benzene rings is 2. The normalized spacial score (nSPS) is 14.5. The molecule has 1 saturated heterocycles. The van der Waals surface area contributed by atoms with E-state index in [-0.39, 0.29) is 5.91 Å². The van der Waals surface area contributed by atoms with Crippen LogP contribution in [0.1, 0.15) is 24.2 Å². The van der Waals surface area contributed by atoms with E-state index in [1.807, 2.05) is 49.6 Å². The molecule has 0 saturated carbocycles. The maximum absolute atomic E-state index is 13.0. The molecule has 0 bridgehead atoms. The summed E-state index contributed by atoms with van der Waals surface area (Å²) in [5.41, 5.74) is 3.77. The smallest absolute Gasteiger partial charge is 0.475 e. The molecule has 10 heteroatoms.